The third kappa shape index (κ3) is 2.66. The SMILES string of the molecule is CC(C)(C)O[C@@H]1CC[C@H](N)C1=C=O. The van der Waals surface area contributed by atoms with Crippen molar-refractivity contribution in [3.8, 4) is 0 Å². The highest BCUT2D eigenvalue weighted by molar-refractivity contribution is 5.57. The van der Waals surface area contributed by atoms with Crippen molar-refractivity contribution in [2.24, 2.45) is 5.73 Å². The topological polar surface area (TPSA) is 52.3 Å². The fraction of sp³-hybridized carbons (Fsp3) is 0.800. The number of nitrogens with two attached hydrogens (primary N) is 1. The summed E-state index contributed by atoms with van der Waals surface area (Å²) >= 11 is 0. The summed E-state index contributed by atoms with van der Waals surface area (Å²) in [6.07, 6.45) is 1.54. The van der Waals surface area contributed by atoms with E-state index >= 15 is 0 Å². The predicted octanol–water partition coefficient (Wildman–Crippen LogP) is 1.05. The van der Waals surface area contributed by atoms with Crippen molar-refractivity contribution in [3.63, 3.8) is 0 Å². The van der Waals surface area contributed by atoms with Gasteiger partial charge in [-0.2, -0.15) is 0 Å². The predicted molar refractivity (Wildman–Crippen MR) is 51.0 cm³/mol. The van der Waals surface area contributed by atoms with E-state index in [1.807, 2.05) is 26.7 Å². The van der Waals surface area contributed by atoms with E-state index in [1.165, 1.54) is 0 Å². The first-order valence-electron chi connectivity index (χ1n) is 4.62. The second-order valence-electron chi connectivity index (χ2n) is 4.46. The van der Waals surface area contributed by atoms with Gasteiger partial charge < -0.3 is 10.5 Å². The van der Waals surface area contributed by atoms with Gasteiger partial charge in [-0.25, -0.2) is 4.79 Å². The van der Waals surface area contributed by atoms with Gasteiger partial charge in [-0.05, 0) is 33.6 Å². The Balaban J connectivity index is 2.68. The van der Waals surface area contributed by atoms with Gasteiger partial charge in [-0.15, -0.1) is 0 Å². The van der Waals surface area contributed by atoms with E-state index in [9.17, 15) is 4.79 Å². The van der Waals surface area contributed by atoms with Gasteiger partial charge in [0.15, 0.2) is 0 Å². The molecule has 1 fully saturated rings. The molecule has 0 heterocycles. The van der Waals surface area contributed by atoms with Crippen molar-refractivity contribution in [1.29, 1.82) is 0 Å². The zero-order chi connectivity index (χ0) is 10.1. The van der Waals surface area contributed by atoms with Crippen LogP contribution in [0.5, 0.6) is 0 Å². The highest BCUT2D eigenvalue weighted by atomic mass is 16.5. The standard InChI is InChI=1S/C10H17NO2/c1-10(2,3)13-9-5-4-8(11)7(9)6-12/h8-9H,4-5,11H2,1-3H3/t8-,9+/m0/s1. The quantitative estimate of drug-likeness (QED) is 0.618. The van der Waals surface area contributed by atoms with Crippen LogP contribution in [0, 0.1) is 0 Å². The molecule has 0 amide bonds. The van der Waals surface area contributed by atoms with E-state index in [1.54, 1.807) is 0 Å². The Bertz CT molecular complexity index is 236. The molecular weight excluding hydrogens is 166 g/mol. The van der Waals surface area contributed by atoms with E-state index in [0.717, 1.165) is 12.8 Å². The van der Waals surface area contributed by atoms with Crippen molar-refractivity contribution < 1.29 is 9.53 Å². The molecule has 0 aliphatic heterocycles. The second-order valence-corrected chi connectivity index (χ2v) is 4.46. The van der Waals surface area contributed by atoms with Crippen LogP contribution in [-0.4, -0.2) is 23.7 Å². The number of carbonyl (C=O) groups excluding carboxylic acids is 1. The van der Waals surface area contributed by atoms with E-state index in [-0.39, 0.29) is 17.7 Å². The Morgan fingerprint density at radius 3 is 2.54 bits per heavy atom. The van der Waals surface area contributed by atoms with Crippen molar-refractivity contribution in [3.05, 3.63) is 5.57 Å². The first-order chi connectivity index (χ1) is 5.94. The molecule has 74 valence electrons. The lowest BCUT2D eigenvalue weighted by Crippen LogP contribution is -2.29. The van der Waals surface area contributed by atoms with Crippen LogP contribution >= 0.6 is 0 Å². The van der Waals surface area contributed by atoms with Crippen molar-refractivity contribution in [2.45, 2.75) is 51.4 Å². The molecule has 0 saturated heterocycles. The molecule has 2 atom stereocenters. The molecule has 0 aromatic rings. The maximum absolute atomic E-state index is 10.6. The zero-order valence-electron chi connectivity index (χ0n) is 8.46. The third-order valence-electron chi connectivity index (χ3n) is 2.10. The average molecular weight is 183 g/mol. The van der Waals surface area contributed by atoms with Crippen molar-refractivity contribution in [1.82, 2.24) is 0 Å². The largest absolute Gasteiger partial charge is 0.367 e. The smallest absolute Gasteiger partial charge is 0.127 e. The Morgan fingerprint density at radius 1 is 1.46 bits per heavy atom. The van der Waals surface area contributed by atoms with Crippen molar-refractivity contribution >= 4 is 5.94 Å². The fourth-order valence-electron chi connectivity index (χ4n) is 1.57. The molecule has 1 aliphatic rings. The average Bonchev–Trinajstić information content (AvgIpc) is 2.28. The van der Waals surface area contributed by atoms with Crippen LogP contribution in [0.15, 0.2) is 5.57 Å². The first-order valence-corrected chi connectivity index (χ1v) is 4.62. The van der Waals surface area contributed by atoms with Crippen LogP contribution in [-0.2, 0) is 9.53 Å². The van der Waals surface area contributed by atoms with Gasteiger partial charge in [-0.1, -0.05) is 0 Å². The van der Waals surface area contributed by atoms with E-state index < -0.39 is 0 Å². The van der Waals surface area contributed by atoms with Crippen LogP contribution in [0.4, 0.5) is 0 Å². The van der Waals surface area contributed by atoms with Crippen LogP contribution in [0.25, 0.3) is 0 Å². The molecule has 13 heavy (non-hydrogen) atoms. The monoisotopic (exact) mass is 183 g/mol. The lowest BCUT2D eigenvalue weighted by Gasteiger charge is -2.24. The summed E-state index contributed by atoms with van der Waals surface area (Å²) in [5, 5.41) is 0. The molecule has 2 N–H and O–H groups in total. The molecule has 1 rings (SSSR count). The summed E-state index contributed by atoms with van der Waals surface area (Å²) in [5.41, 5.74) is 6.09. The Kier molecular flexibility index (Phi) is 2.91. The van der Waals surface area contributed by atoms with E-state index in [4.69, 9.17) is 10.5 Å². The Hall–Kier alpha value is -0.630. The second kappa shape index (κ2) is 3.62. The zero-order valence-corrected chi connectivity index (χ0v) is 8.46. The maximum Gasteiger partial charge on any atom is 0.127 e. The molecule has 0 aromatic carbocycles. The van der Waals surface area contributed by atoms with E-state index in [0.29, 0.717) is 5.57 Å². The number of hydrogen-bond acceptors (Lipinski definition) is 3. The van der Waals surface area contributed by atoms with Gasteiger partial charge in [0.2, 0.25) is 0 Å². The molecule has 1 saturated carbocycles. The molecule has 3 nitrogen and oxygen atoms in total. The summed E-state index contributed by atoms with van der Waals surface area (Å²) in [7, 11) is 0. The van der Waals surface area contributed by atoms with Gasteiger partial charge in [0.25, 0.3) is 0 Å². The molecule has 0 aromatic heterocycles. The first kappa shape index (κ1) is 10.5. The van der Waals surface area contributed by atoms with Gasteiger partial charge >= 0.3 is 0 Å². The lowest BCUT2D eigenvalue weighted by molar-refractivity contribution is -0.0395. The molecule has 1 aliphatic carbocycles. The molecule has 0 spiro atoms. The summed E-state index contributed by atoms with van der Waals surface area (Å²) in [6.45, 7) is 5.91. The summed E-state index contributed by atoms with van der Waals surface area (Å²) < 4.78 is 5.69. The molecule has 0 bridgehead atoms. The highest BCUT2D eigenvalue weighted by Crippen LogP contribution is 2.28. The number of ether oxygens (including phenoxy) is 1. The van der Waals surface area contributed by atoms with Crippen LogP contribution < -0.4 is 5.73 Å². The molecule has 0 unspecified atom stereocenters. The minimum Gasteiger partial charge on any atom is -0.367 e. The van der Waals surface area contributed by atoms with E-state index in [2.05, 4.69) is 0 Å². The lowest BCUT2D eigenvalue weighted by atomic mass is 10.1. The normalized spacial score (nSPS) is 29.1. The third-order valence-corrected chi connectivity index (χ3v) is 2.10. The molecule has 0 radical (unpaired) electrons. The summed E-state index contributed by atoms with van der Waals surface area (Å²) in [5.74, 6) is 1.90. The maximum atomic E-state index is 10.6. The highest BCUT2D eigenvalue weighted by Gasteiger charge is 2.32. The Morgan fingerprint density at radius 2 is 2.08 bits per heavy atom. The van der Waals surface area contributed by atoms with Crippen LogP contribution in [0.1, 0.15) is 33.6 Å². The molecule has 3 heteroatoms. The number of rotatable bonds is 1. The fourth-order valence-corrected chi connectivity index (χ4v) is 1.57. The van der Waals surface area contributed by atoms with Gasteiger partial charge in [0.1, 0.15) is 5.94 Å². The number of hydrogen-bond donors (Lipinski definition) is 1. The van der Waals surface area contributed by atoms with Gasteiger partial charge in [0.05, 0.1) is 17.3 Å². The van der Waals surface area contributed by atoms with Crippen LogP contribution in [0.3, 0.4) is 0 Å². The van der Waals surface area contributed by atoms with Crippen LogP contribution in [0.2, 0.25) is 0 Å². The minimum atomic E-state index is -0.225. The van der Waals surface area contributed by atoms with Gasteiger partial charge in [-0.3, -0.25) is 0 Å². The molecular formula is C10H17NO2. The Labute approximate surface area is 78.9 Å². The summed E-state index contributed by atoms with van der Waals surface area (Å²) in [6, 6.07) is -0.148. The van der Waals surface area contributed by atoms with Crippen molar-refractivity contribution in [2.75, 3.05) is 0 Å². The van der Waals surface area contributed by atoms with Gasteiger partial charge in [0, 0.05) is 6.04 Å². The summed E-state index contributed by atoms with van der Waals surface area (Å²) in [4.78, 5) is 10.6. The minimum absolute atomic E-state index is 0.118.